The lowest BCUT2D eigenvalue weighted by atomic mass is 9.95. The number of carbonyl (C=O) groups excluding carboxylic acids is 1. The Kier molecular flexibility index (Phi) is 4.58. The van der Waals surface area contributed by atoms with Crippen LogP contribution in [0.5, 0.6) is 0 Å². The molecule has 1 heterocycles. The second kappa shape index (κ2) is 6.37. The van der Waals surface area contributed by atoms with Crippen molar-refractivity contribution in [3.8, 4) is 0 Å². The minimum atomic E-state index is -0.796. The lowest BCUT2D eigenvalue weighted by Crippen LogP contribution is -2.43. The smallest absolute Gasteiger partial charge is 0.410 e. The number of likely N-dealkylation sites (tertiary alicyclic amines) is 1. The monoisotopic (exact) mass is 332 g/mol. The minimum absolute atomic E-state index is 0.203. The van der Waals surface area contributed by atoms with Gasteiger partial charge in [-0.3, -0.25) is 0 Å². The van der Waals surface area contributed by atoms with Gasteiger partial charge in [0.05, 0.1) is 0 Å². The van der Waals surface area contributed by atoms with Crippen molar-refractivity contribution in [2.45, 2.75) is 57.3 Å². The molecule has 0 saturated carbocycles. The number of rotatable bonds is 3. The van der Waals surface area contributed by atoms with E-state index in [9.17, 15) is 9.90 Å². The van der Waals surface area contributed by atoms with Crippen molar-refractivity contribution in [1.29, 1.82) is 0 Å². The molecule has 24 heavy (non-hydrogen) atoms. The van der Waals surface area contributed by atoms with Crippen LogP contribution in [0.1, 0.15) is 44.7 Å². The Morgan fingerprint density at radius 2 is 2.17 bits per heavy atom. The summed E-state index contributed by atoms with van der Waals surface area (Å²) < 4.78 is 5.42. The van der Waals surface area contributed by atoms with Crippen molar-refractivity contribution in [3.05, 3.63) is 35.4 Å². The Labute approximate surface area is 144 Å². The van der Waals surface area contributed by atoms with Gasteiger partial charge >= 0.3 is 6.09 Å². The molecule has 2 N–H and O–H groups in total. The molecular formula is C19H28N2O3. The van der Waals surface area contributed by atoms with Crippen LogP contribution in [-0.4, -0.2) is 47.4 Å². The number of benzene rings is 1. The Bertz CT molecular complexity index is 611. The van der Waals surface area contributed by atoms with Crippen molar-refractivity contribution in [2.24, 2.45) is 0 Å². The molecule has 1 fully saturated rings. The minimum Gasteiger partial charge on any atom is -0.444 e. The highest BCUT2D eigenvalue weighted by Crippen LogP contribution is 2.36. The third kappa shape index (κ3) is 3.73. The number of aryl methyl sites for hydroxylation is 1. The normalized spacial score (nSPS) is 26.5. The van der Waals surface area contributed by atoms with E-state index in [1.807, 2.05) is 39.0 Å². The first kappa shape index (κ1) is 17.2. The van der Waals surface area contributed by atoms with Crippen LogP contribution in [0.15, 0.2) is 24.3 Å². The molecule has 2 aliphatic rings. The predicted molar refractivity (Wildman–Crippen MR) is 92.9 cm³/mol. The molecule has 132 valence electrons. The van der Waals surface area contributed by atoms with E-state index in [-0.39, 0.29) is 12.1 Å². The molecule has 2 unspecified atom stereocenters. The summed E-state index contributed by atoms with van der Waals surface area (Å²) in [6.45, 7) is 7.49. The average Bonchev–Trinajstić information content (AvgIpc) is 3.10. The van der Waals surface area contributed by atoms with Crippen LogP contribution in [0.25, 0.3) is 0 Å². The molecule has 0 bridgehead atoms. The number of fused-ring (bicyclic) bond motifs is 1. The highest BCUT2D eigenvalue weighted by molar-refractivity contribution is 5.68. The van der Waals surface area contributed by atoms with E-state index < -0.39 is 11.2 Å². The van der Waals surface area contributed by atoms with Crippen LogP contribution >= 0.6 is 0 Å². The van der Waals surface area contributed by atoms with Crippen molar-refractivity contribution >= 4 is 6.09 Å². The molecule has 1 amide bonds. The summed E-state index contributed by atoms with van der Waals surface area (Å²) in [5.74, 6) is 0. The molecule has 1 aromatic carbocycles. The van der Waals surface area contributed by atoms with Gasteiger partial charge in [0.1, 0.15) is 11.2 Å². The Morgan fingerprint density at radius 1 is 1.42 bits per heavy atom. The summed E-state index contributed by atoms with van der Waals surface area (Å²) in [6.07, 6.45) is 2.30. The standard InChI is InChI=1S/C19H28N2O3/c1-18(2,3)24-17(22)21-11-9-15(12-21)20-13-19(23)10-8-14-6-4-5-7-16(14)19/h4-7,15,20,23H,8-13H2,1-3H3. The quantitative estimate of drug-likeness (QED) is 0.892. The number of ether oxygens (including phenoxy) is 1. The molecule has 5 heteroatoms. The van der Waals surface area contributed by atoms with E-state index in [4.69, 9.17) is 4.74 Å². The van der Waals surface area contributed by atoms with E-state index >= 15 is 0 Å². The Hall–Kier alpha value is -1.59. The Balaban J connectivity index is 1.53. The van der Waals surface area contributed by atoms with Gasteiger partial charge in [-0.2, -0.15) is 0 Å². The molecule has 1 aliphatic carbocycles. The van der Waals surface area contributed by atoms with E-state index in [1.54, 1.807) is 4.90 Å². The van der Waals surface area contributed by atoms with Gasteiger partial charge < -0.3 is 20.1 Å². The molecule has 1 saturated heterocycles. The van der Waals surface area contributed by atoms with Gasteiger partial charge in [-0.25, -0.2) is 4.79 Å². The molecule has 0 aromatic heterocycles. The molecule has 2 atom stereocenters. The lowest BCUT2D eigenvalue weighted by molar-refractivity contribution is 0.0277. The summed E-state index contributed by atoms with van der Waals surface area (Å²) in [5, 5.41) is 14.4. The van der Waals surface area contributed by atoms with Crippen molar-refractivity contribution in [2.75, 3.05) is 19.6 Å². The molecular weight excluding hydrogens is 304 g/mol. The topological polar surface area (TPSA) is 61.8 Å². The van der Waals surface area contributed by atoms with E-state index in [2.05, 4.69) is 11.4 Å². The predicted octanol–water partition coefficient (Wildman–Crippen LogP) is 2.42. The summed E-state index contributed by atoms with van der Waals surface area (Å²) in [4.78, 5) is 13.9. The number of nitrogens with one attached hydrogen (secondary N) is 1. The van der Waals surface area contributed by atoms with Gasteiger partial charge in [-0.15, -0.1) is 0 Å². The lowest BCUT2D eigenvalue weighted by Gasteiger charge is -2.27. The van der Waals surface area contributed by atoms with E-state index in [0.717, 1.165) is 24.8 Å². The fraction of sp³-hybridized carbons (Fsp3) is 0.632. The molecule has 0 radical (unpaired) electrons. The number of amides is 1. The number of carbonyl (C=O) groups is 1. The zero-order valence-electron chi connectivity index (χ0n) is 14.8. The van der Waals surface area contributed by atoms with Crippen LogP contribution in [0.3, 0.4) is 0 Å². The molecule has 3 rings (SSSR count). The molecule has 0 spiro atoms. The zero-order valence-corrected chi connectivity index (χ0v) is 14.8. The van der Waals surface area contributed by atoms with E-state index in [0.29, 0.717) is 19.6 Å². The molecule has 1 aliphatic heterocycles. The van der Waals surface area contributed by atoms with Gasteiger partial charge in [0.15, 0.2) is 0 Å². The molecule has 5 nitrogen and oxygen atoms in total. The maximum Gasteiger partial charge on any atom is 0.410 e. The highest BCUT2D eigenvalue weighted by atomic mass is 16.6. The van der Waals surface area contributed by atoms with Crippen LogP contribution in [0, 0.1) is 0 Å². The first-order chi connectivity index (χ1) is 11.3. The van der Waals surface area contributed by atoms with Crippen molar-refractivity contribution < 1.29 is 14.6 Å². The Morgan fingerprint density at radius 3 is 2.92 bits per heavy atom. The SMILES string of the molecule is CC(C)(C)OC(=O)N1CCC(NCC2(O)CCc3ccccc32)C1. The fourth-order valence-corrected chi connectivity index (χ4v) is 3.58. The average molecular weight is 332 g/mol. The van der Waals surface area contributed by atoms with Gasteiger partial charge in [0.2, 0.25) is 0 Å². The third-order valence-corrected chi connectivity index (χ3v) is 4.85. The van der Waals surface area contributed by atoms with Gasteiger partial charge in [0, 0.05) is 25.7 Å². The second-order valence-electron chi connectivity index (χ2n) is 7.98. The number of aliphatic hydroxyl groups is 1. The maximum absolute atomic E-state index is 12.1. The first-order valence-corrected chi connectivity index (χ1v) is 8.79. The van der Waals surface area contributed by atoms with Crippen molar-refractivity contribution in [1.82, 2.24) is 10.2 Å². The largest absolute Gasteiger partial charge is 0.444 e. The van der Waals surface area contributed by atoms with Gasteiger partial charge in [0.25, 0.3) is 0 Å². The van der Waals surface area contributed by atoms with Gasteiger partial charge in [-0.1, -0.05) is 24.3 Å². The zero-order chi connectivity index (χ0) is 17.4. The van der Waals surface area contributed by atoms with E-state index in [1.165, 1.54) is 5.56 Å². The summed E-state index contributed by atoms with van der Waals surface area (Å²) in [6, 6.07) is 8.32. The van der Waals surface area contributed by atoms with Crippen LogP contribution in [0.2, 0.25) is 0 Å². The number of hydrogen-bond donors (Lipinski definition) is 2. The fourth-order valence-electron chi connectivity index (χ4n) is 3.58. The second-order valence-corrected chi connectivity index (χ2v) is 7.98. The number of nitrogens with zero attached hydrogens (tertiary/aromatic N) is 1. The maximum atomic E-state index is 12.1. The summed E-state index contributed by atoms with van der Waals surface area (Å²) in [7, 11) is 0. The molecule has 1 aromatic rings. The van der Waals surface area contributed by atoms with Crippen LogP contribution < -0.4 is 5.32 Å². The third-order valence-electron chi connectivity index (χ3n) is 4.85. The van der Waals surface area contributed by atoms with Crippen molar-refractivity contribution in [3.63, 3.8) is 0 Å². The first-order valence-electron chi connectivity index (χ1n) is 8.79. The summed E-state index contributed by atoms with van der Waals surface area (Å²) in [5.41, 5.74) is 1.02. The van der Waals surface area contributed by atoms with Gasteiger partial charge in [-0.05, 0) is 51.2 Å². The summed E-state index contributed by atoms with van der Waals surface area (Å²) >= 11 is 0. The number of hydrogen-bond acceptors (Lipinski definition) is 4. The van der Waals surface area contributed by atoms with Crippen LogP contribution in [0.4, 0.5) is 4.79 Å². The van der Waals surface area contributed by atoms with Crippen LogP contribution in [-0.2, 0) is 16.8 Å². The highest BCUT2D eigenvalue weighted by Gasteiger charge is 2.37.